The topological polar surface area (TPSA) is 46.5 Å². The molecule has 0 spiro atoms. The van der Waals surface area contributed by atoms with Crippen molar-refractivity contribution in [2.45, 2.75) is 59.3 Å². The average Bonchev–Trinajstić information content (AvgIpc) is 2.34. The molecule has 0 radical (unpaired) electrons. The van der Waals surface area contributed by atoms with E-state index in [1.165, 1.54) is 0 Å². The SMILES string of the molecule is CC(C)COc1ccc(C(C)CC(=O)O)cc1C(C)(C)C. The third-order valence-electron chi connectivity index (χ3n) is 3.43. The Morgan fingerprint density at radius 1 is 1.24 bits per heavy atom. The van der Waals surface area contributed by atoms with Crippen molar-refractivity contribution < 1.29 is 14.6 Å². The third-order valence-corrected chi connectivity index (χ3v) is 3.43. The van der Waals surface area contributed by atoms with Gasteiger partial charge in [0.2, 0.25) is 0 Å². The van der Waals surface area contributed by atoms with Crippen molar-refractivity contribution in [2.24, 2.45) is 5.92 Å². The lowest BCUT2D eigenvalue weighted by atomic mass is 9.83. The van der Waals surface area contributed by atoms with E-state index in [-0.39, 0.29) is 17.8 Å². The number of hydrogen-bond donors (Lipinski definition) is 1. The van der Waals surface area contributed by atoms with Crippen molar-refractivity contribution in [1.29, 1.82) is 0 Å². The Hall–Kier alpha value is -1.51. The maximum absolute atomic E-state index is 10.9. The number of hydrogen-bond acceptors (Lipinski definition) is 2. The highest BCUT2D eigenvalue weighted by atomic mass is 16.5. The fourth-order valence-corrected chi connectivity index (χ4v) is 2.20. The molecule has 0 amide bonds. The Balaban J connectivity index is 3.09. The minimum absolute atomic E-state index is 0.00255. The van der Waals surface area contributed by atoms with Gasteiger partial charge in [0.05, 0.1) is 13.0 Å². The molecule has 1 unspecified atom stereocenters. The molecule has 0 saturated heterocycles. The van der Waals surface area contributed by atoms with Crippen LogP contribution >= 0.6 is 0 Å². The second-order valence-corrected chi connectivity index (χ2v) is 7.21. The molecule has 3 nitrogen and oxygen atoms in total. The highest BCUT2D eigenvalue weighted by Crippen LogP contribution is 2.34. The Morgan fingerprint density at radius 3 is 2.33 bits per heavy atom. The summed E-state index contributed by atoms with van der Waals surface area (Å²) in [7, 11) is 0. The Bertz CT molecular complexity index is 484. The van der Waals surface area contributed by atoms with Crippen LogP contribution in [0.15, 0.2) is 18.2 Å². The predicted molar refractivity (Wildman–Crippen MR) is 86.1 cm³/mol. The number of carboxylic acids is 1. The van der Waals surface area contributed by atoms with Gasteiger partial charge in [-0.1, -0.05) is 53.7 Å². The third kappa shape index (κ3) is 5.41. The molecular weight excluding hydrogens is 264 g/mol. The van der Waals surface area contributed by atoms with Crippen LogP contribution in [0.1, 0.15) is 65.0 Å². The molecule has 0 aromatic heterocycles. The van der Waals surface area contributed by atoms with Gasteiger partial charge in [0.1, 0.15) is 5.75 Å². The Labute approximate surface area is 128 Å². The highest BCUT2D eigenvalue weighted by Gasteiger charge is 2.21. The number of rotatable bonds is 6. The van der Waals surface area contributed by atoms with Crippen molar-refractivity contribution in [3.05, 3.63) is 29.3 Å². The number of ether oxygens (including phenoxy) is 1. The number of carboxylic acid groups (broad SMARTS) is 1. The summed E-state index contributed by atoms with van der Waals surface area (Å²) in [4.78, 5) is 10.9. The molecule has 3 heteroatoms. The second-order valence-electron chi connectivity index (χ2n) is 7.21. The number of carbonyl (C=O) groups is 1. The van der Waals surface area contributed by atoms with Crippen LogP contribution in [0.3, 0.4) is 0 Å². The van der Waals surface area contributed by atoms with E-state index in [9.17, 15) is 4.79 Å². The molecule has 1 aromatic rings. The Morgan fingerprint density at radius 2 is 1.86 bits per heavy atom. The summed E-state index contributed by atoms with van der Waals surface area (Å²) in [6.07, 6.45) is 0.149. The predicted octanol–water partition coefficient (Wildman–Crippen LogP) is 4.60. The van der Waals surface area contributed by atoms with Gasteiger partial charge >= 0.3 is 5.97 Å². The molecule has 0 bridgehead atoms. The van der Waals surface area contributed by atoms with Gasteiger partial charge in [-0.2, -0.15) is 0 Å². The fourth-order valence-electron chi connectivity index (χ4n) is 2.20. The largest absolute Gasteiger partial charge is 0.493 e. The summed E-state index contributed by atoms with van der Waals surface area (Å²) in [5.41, 5.74) is 2.16. The molecule has 1 N–H and O–H groups in total. The summed E-state index contributed by atoms with van der Waals surface area (Å²) in [6.45, 7) is 13.3. The summed E-state index contributed by atoms with van der Waals surface area (Å²) >= 11 is 0. The first-order valence-electron chi connectivity index (χ1n) is 7.60. The molecule has 0 aliphatic carbocycles. The van der Waals surface area contributed by atoms with E-state index < -0.39 is 5.97 Å². The zero-order chi connectivity index (χ0) is 16.2. The van der Waals surface area contributed by atoms with Crippen molar-refractivity contribution in [1.82, 2.24) is 0 Å². The maximum atomic E-state index is 10.9. The minimum atomic E-state index is -0.764. The molecule has 0 heterocycles. The van der Waals surface area contributed by atoms with Crippen LogP contribution in [0.2, 0.25) is 0 Å². The van der Waals surface area contributed by atoms with Crippen LogP contribution in [0.5, 0.6) is 5.75 Å². The van der Waals surface area contributed by atoms with E-state index in [0.717, 1.165) is 16.9 Å². The standard InChI is InChI=1S/C18H28O3/c1-12(2)11-21-16-8-7-14(13(3)9-17(19)20)10-15(16)18(4,5)6/h7-8,10,12-13H,9,11H2,1-6H3,(H,19,20). The molecule has 1 aromatic carbocycles. The van der Waals surface area contributed by atoms with Gasteiger partial charge in [-0.25, -0.2) is 0 Å². The number of benzene rings is 1. The first kappa shape index (κ1) is 17.5. The summed E-state index contributed by atoms with van der Waals surface area (Å²) in [5, 5.41) is 8.95. The monoisotopic (exact) mass is 292 g/mol. The fraction of sp³-hybridized carbons (Fsp3) is 0.611. The van der Waals surface area contributed by atoms with Crippen molar-refractivity contribution in [3.63, 3.8) is 0 Å². The first-order valence-corrected chi connectivity index (χ1v) is 7.60. The van der Waals surface area contributed by atoms with Crippen LogP contribution in [0, 0.1) is 5.92 Å². The second kappa shape index (κ2) is 6.97. The van der Waals surface area contributed by atoms with Gasteiger partial charge in [-0.15, -0.1) is 0 Å². The summed E-state index contributed by atoms with van der Waals surface area (Å²) in [6, 6.07) is 6.07. The molecular formula is C18H28O3. The first-order chi connectivity index (χ1) is 9.61. The molecule has 1 rings (SSSR count). The lowest BCUT2D eigenvalue weighted by Gasteiger charge is -2.25. The molecule has 118 valence electrons. The molecule has 0 fully saturated rings. The molecule has 0 aliphatic rings. The van der Waals surface area contributed by atoms with Crippen molar-refractivity contribution in [3.8, 4) is 5.75 Å². The summed E-state index contributed by atoms with van der Waals surface area (Å²) < 4.78 is 5.92. The highest BCUT2D eigenvalue weighted by molar-refractivity contribution is 5.68. The molecule has 0 saturated carbocycles. The van der Waals surface area contributed by atoms with E-state index in [0.29, 0.717) is 12.5 Å². The average molecular weight is 292 g/mol. The number of aliphatic carboxylic acids is 1. The smallest absolute Gasteiger partial charge is 0.303 e. The van der Waals surface area contributed by atoms with Gasteiger partial charge in [-0.3, -0.25) is 4.79 Å². The Kier molecular flexibility index (Phi) is 5.82. The zero-order valence-electron chi connectivity index (χ0n) is 14.1. The van der Waals surface area contributed by atoms with Crippen LogP contribution in [0.4, 0.5) is 0 Å². The van der Waals surface area contributed by atoms with Gasteiger partial charge in [-0.05, 0) is 34.4 Å². The van der Waals surface area contributed by atoms with Gasteiger partial charge < -0.3 is 9.84 Å². The van der Waals surface area contributed by atoms with Crippen LogP contribution in [-0.2, 0) is 10.2 Å². The van der Waals surface area contributed by atoms with E-state index in [1.54, 1.807) is 0 Å². The molecule has 1 atom stereocenters. The van der Waals surface area contributed by atoms with Crippen LogP contribution in [0.25, 0.3) is 0 Å². The summed E-state index contributed by atoms with van der Waals surface area (Å²) in [5.74, 6) is 0.619. The van der Waals surface area contributed by atoms with E-state index in [4.69, 9.17) is 9.84 Å². The lowest BCUT2D eigenvalue weighted by molar-refractivity contribution is -0.137. The van der Waals surface area contributed by atoms with Gasteiger partial charge in [0, 0.05) is 0 Å². The minimum Gasteiger partial charge on any atom is -0.493 e. The van der Waals surface area contributed by atoms with Crippen molar-refractivity contribution in [2.75, 3.05) is 6.61 Å². The quantitative estimate of drug-likeness (QED) is 0.833. The molecule has 21 heavy (non-hydrogen) atoms. The maximum Gasteiger partial charge on any atom is 0.303 e. The van der Waals surface area contributed by atoms with Gasteiger partial charge in [0.15, 0.2) is 0 Å². The van der Waals surface area contributed by atoms with Crippen molar-refractivity contribution >= 4 is 5.97 Å². The zero-order valence-corrected chi connectivity index (χ0v) is 14.1. The van der Waals surface area contributed by atoms with Crippen LogP contribution < -0.4 is 4.74 Å². The lowest BCUT2D eigenvalue weighted by Crippen LogP contribution is -2.16. The van der Waals surface area contributed by atoms with E-state index in [1.807, 2.05) is 19.1 Å². The van der Waals surface area contributed by atoms with Gasteiger partial charge in [0.25, 0.3) is 0 Å². The van der Waals surface area contributed by atoms with Crippen LogP contribution in [-0.4, -0.2) is 17.7 Å². The molecule has 0 aliphatic heterocycles. The van der Waals surface area contributed by atoms with E-state index in [2.05, 4.69) is 40.7 Å². The van der Waals surface area contributed by atoms with E-state index >= 15 is 0 Å². The normalized spacial score (nSPS) is 13.3.